The zero-order valence-corrected chi connectivity index (χ0v) is 12.8. The van der Waals surface area contributed by atoms with Crippen molar-refractivity contribution < 1.29 is 14.0 Å². The summed E-state index contributed by atoms with van der Waals surface area (Å²) in [5.74, 6) is 2.85. The molecule has 0 bridgehead atoms. The van der Waals surface area contributed by atoms with E-state index in [-0.39, 0.29) is 0 Å². The number of hydrogen-bond acceptors (Lipinski definition) is 3. The van der Waals surface area contributed by atoms with E-state index in [2.05, 4.69) is 53.0 Å². The second-order valence-corrected chi connectivity index (χ2v) is 5.32. The van der Waals surface area contributed by atoms with Crippen molar-refractivity contribution in [3.05, 3.63) is 47.7 Å². The number of aryl methyl sites for hydroxylation is 1. The summed E-state index contributed by atoms with van der Waals surface area (Å²) in [6, 6.07) is 10.5. The number of rotatable bonds is 3. The van der Waals surface area contributed by atoms with Crippen LogP contribution < -0.4 is 18.9 Å². The quantitative estimate of drug-likeness (QED) is 0.808. The third kappa shape index (κ3) is 2.53. The predicted octanol–water partition coefficient (Wildman–Crippen LogP) is 2.09. The van der Waals surface area contributed by atoms with Gasteiger partial charge in [0.2, 0.25) is 0 Å². The number of aromatic nitrogens is 1. The van der Waals surface area contributed by atoms with Gasteiger partial charge in [-0.15, -0.1) is 0 Å². The van der Waals surface area contributed by atoms with Crippen molar-refractivity contribution >= 4 is 5.82 Å². The van der Waals surface area contributed by atoms with E-state index >= 15 is 0 Å². The van der Waals surface area contributed by atoms with E-state index in [4.69, 9.17) is 9.47 Å². The van der Waals surface area contributed by atoms with E-state index in [0.29, 0.717) is 0 Å². The Balaban J connectivity index is 1.93. The van der Waals surface area contributed by atoms with Crippen LogP contribution in [0.5, 0.6) is 11.5 Å². The molecule has 0 aliphatic carbocycles. The van der Waals surface area contributed by atoms with Gasteiger partial charge in [0.25, 0.3) is 5.82 Å². The summed E-state index contributed by atoms with van der Waals surface area (Å²) in [7, 11) is 5.45. The van der Waals surface area contributed by atoms with Crippen molar-refractivity contribution in [1.82, 2.24) is 0 Å². The molecule has 0 saturated heterocycles. The molecule has 110 valence electrons. The fourth-order valence-corrected chi connectivity index (χ4v) is 2.92. The van der Waals surface area contributed by atoms with Gasteiger partial charge in [-0.05, 0) is 23.8 Å². The van der Waals surface area contributed by atoms with Crippen molar-refractivity contribution in [2.24, 2.45) is 7.05 Å². The Hall–Kier alpha value is -2.23. The van der Waals surface area contributed by atoms with E-state index in [1.807, 2.05) is 0 Å². The lowest BCUT2D eigenvalue weighted by Gasteiger charge is -2.26. The number of fused-ring (bicyclic) bond motifs is 1. The summed E-state index contributed by atoms with van der Waals surface area (Å²) < 4.78 is 13.0. The molecule has 0 atom stereocenters. The number of ether oxygens (including phenoxy) is 2. The van der Waals surface area contributed by atoms with Crippen molar-refractivity contribution in [2.45, 2.75) is 13.0 Å². The topological polar surface area (TPSA) is 25.6 Å². The Kier molecular flexibility index (Phi) is 3.69. The zero-order chi connectivity index (χ0) is 14.8. The maximum absolute atomic E-state index is 5.42. The lowest BCUT2D eigenvalue weighted by atomic mass is 9.98. The number of nitrogens with zero attached hydrogens (tertiary/aromatic N) is 2. The average Bonchev–Trinajstić information content (AvgIpc) is 2.53. The van der Waals surface area contributed by atoms with Crippen molar-refractivity contribution in [3.8, 4) is 11.5 Å². The third-order valence-corrected chi connectivity index (χ3v) is 4.07. The molecule has 2 aromatic rings. The highest BCUT2D eigenvalue weighted by Crippen LogP contribution is 2.33. The lowest BCUT2D eigenvalue weighted by Crippen LogP contribution is -2.41. The van der Waals surface area contributed by atoms with Crippen molar-refractivity contribution in [3.63, 3.8) is 0 Å². The van der Waals surface area contributed by atoms with Crippen LogP contribution in [0.4, 0.5) is 5.82 Å². The minimum absolute atomic E-state index is 0.801. The van der Waals surface area contributed by atoms with Gasteiger partial charge in [0.1, 0.15) is 6.54 Å². The minimum atomic E-state index is 0.801. The molecule has 21 heavy (non-hydrogen) atoms. The molecule has 0 spiro atoms. The van der Waals surface area contributed by atoms with Crippen LogP contribution in [-0.2, 0) is 20.0 Å². The van der Waals surface area contributed by atoms with Crippen LogP contribution in [0, 0.1) is 0 Å². The van der Waals surface area contributed by atoms with Crippen LogP contribution in [0.1, 0.15) is 11.1 Å². The van der Waals surface area contributed by atoms with E-state index in [9.17, 15) is 0 Å². The first-order chi connectivity index (χ1) is 10.2. The van der Waals surface area contributed by atoms with Crippen LogP contribution in [0.25, 0.3) is 0 Å². The number of hydrogen-bond donors (Lipinski definition) is 0. The van der Waals surface area contributed by atoms with Crippen LogP contribution in [0.2, 0.25) is 0 Å². The van der Waals surface area contributed by atoms with E-state index in [1.54, 1.807) is 14.2 Å². The van der Waals surface area contributed by atoms with E-state index in [1.165, 1.54) is 16.9 Å². The van der Waals surface area contributed by atoms with Gasteiger partial charge in [-0.3, -0.25) is 4.90 Å². The summed E-state index contributed by atoms with van der Waals surface area (Å²) in [6.45, 7) is 1.91. The molecule has 4 nitrogen and oxygen atoms in total. The van der Waals surface area contributed by atoms with Gasteiger partial charge in [-0.2, -0.15) is 0 Å². The molecule has 0 N–H and O–H groups in total. The molecule has 0 amide bonds. The number of anilines is 1. The van der Waals surface area contributed by atoms with Crippen molar-refractivity contribution in [2.75, 3.05) is 25.7 Å². The van der Waals surface area contributed by atoms with Gasteiger partial charge in [0.15, 0.2) is 11.5 Å². The Morgan fingerprint density at radius 1 is 1.05 bits per heavy atom. The van der Waals surface area contributed by atoms with Gasteiger partial charge in [-0.1, -0.05) is 6.07 Å². The van der Waals surface area contributed by atoms with Crippen LogP contribution in [-0.4, -0.2) is 20.8 Å². The summed E-state index contributed by atoms with van der Waals surface area (Å²) in [6.07, 6.45) is 3.10. The Labute approximate surface area is 125 Å². The largest absolute Gasteiger partial charge is 0.493 e. The molecular formula is C17H21N2O2+. The molecular weight excluding hydrogens is 264 g/mol. The number of benzene rings is 1. The highest BCUT2D eigenvalue weighted by atomic mass is 16.5. The van der Waals surface area contributed by atoms with Gasteiger partial charge < -0.3 is 9.47 Å². The molecule has 0 radical (unpaired) electrons. The normalized spacial score (nSPS) is 13.8. The molecule has 0 fully saturated rings. The maximum Gasteiger partial charge on any atom is 0.276 e. The second kappa shape index (κ2) is 5.64. The molecule has 0 unspecified atom stereocenters. The standard InChI is InChI=1S/C17H21N2O2/c1-18-8-5-4-6-17(18)19-9-7-13-10-15(20-2)16(21-3)11-14(13)12-19/h4-6,8,10-11H,7,9,12H2,1-3H3/q+1. The fourth-order valence-electron chi connectivity index (χ4n) is 2.92. The van der Waals surface area contributed by atoms with Crippen LogP contribution in [0.15, 0.2) is 36.5 Å². The Morgan fingerprint density at radius 2 is 1.76 bits per heavy atom. The molecule has 2 heterocycles. The molecule has 1 aliphatic heterocycles. The zero-order valence-electron chi connectivity index (χ0n) is 12.8. The molecule has 3 rings (SSSR count). The average molecular weight is 285 g/mol. The third-order valence-electron chi connectivity index (χ3n) is 4.07. The summed E-state index contributed by atoms with van der Waals surface area (Å²) >= 11 is 0. The van der Waals surface area contributed by atoms with E-state index in [0.717, 1.165) is 31.0 Å². The van der Waals surface area contributed by atoms with Gasteiger partial charge in [0, 0.05) is 18.1 Å². The van der Waals surface area contributed by atoms with Gasteiger partial charge >= 0.3 is 0 Å². The molecule has 4 heteroatoms. The highest BCUT2D eigenvalue weighted by Gasteiger charge is 2.25. The number of pyridine rings is 1. The molecule has 1 aliphatic rings. The summed E-state index contributed by atoms with van der Waals surface area (Å²) in [4.78, 5) is 2.40. The first-order valence-corrected chi connectivity index (χ1v) is 7.16. The Morgan fingerprint density at radius 3 is 2.43 bits per heavy atom. The summed E-state index contributed by atoms with van der Waals surface area (Å²) in [5.41, 5.74) is 2.66. The predicted molar refractivity (Wildman–Crippen MR) is 81.9 cm³/mol. The monoisotopic (exact) mass is 285 g/mol. The molecule has 1 aromatic carbocycles. The van der Waals surface area contributed by atoms with Crippen molar-refractivity contribution in [1.29, 1.82) is 0 Å². The van der Waals surface area contributed by atoms with Gasteiger partial charge in [0.05, 0.1) is 34.0 Å². The fraction of sp³-hybridized carbons (Fsp3) is 0.353. The first-order valence-electron chi connectivity index (χ1n) is 7.16. The maximum atomic E-state index is 5.42. The second-order valence-electron chi connectivity index (χ2n) is 5.32. The Bertz CT molecular complexity index is 655. The summed E-state index contributed by atoms with van der Waals surface area (Å²) in [5, 5.41) is 0. The van der Waals surface area contributed by atoms with Gasteiger partial charge in [-0.25, -0.2) is 4.57 Å². The SMILES string of the molecule is COc1cc2c(cc1OC)CN(c1cccc[n+]1C)CC2. The highest BCUT2D eigenvalue weighted by molar-refractivity contribution is 5.51. The smallest absolute Gasteiger partial charge is 0.276 e. The first kappa shape index (κ1) is 13.7. The minimum Gasteiger partial charge on any atom is -0.493 e. The lowest BCUT2D eigenvalue weighted by molar-refractivity contribution is -0.659. The molecule has 0 saturated carbocycles. The van der Waals surface area contributed by atoms with E-state index < -0.39 is 0 Å². The molecule has 1 aromatic heterocycles. The van der Waals surface area contributed by atoms with Crippen LogP contribution >= 0.6 is 0 Å². The number of methoxy groups -OCH3 is 2. The van der Waals surface area contributed by atoms with Crippen LogP contribution in [0.3, 0.4) is 0 Å².